The van der Waals surface area contributed by atoms with Gasteiger partial charge in [0.2, 0.25) is 0 Å². The van der Waals surface area contributed by atoms with E-state index >= 15 is 0 Å². The highest BCUT2D eigenvalue weighted by Gasteiger charge is 2.22. The molecule has 0 N–H and O–H groups in total. The Morgan fingerprint density at radius 1 is 1.69 bits per heavy atom. The van der Waals surface area contributed by atoms with Crippen molar-refractivity contribution in [3.05, 3.63) is 11.1 Å². The summed E-state index contributed by atoms with van der Waals surface area (Å²) in [6.45, 7) is 3.46. The molecular weight excluding hydrogens is 224 g/mol. The molecule has 1 unspecified atom stereocenters. The molecule has 1 saturated heterocycles. The average molecular weight is 240 g/mol. The van der Waals surface area contributed by atoms with Gasteiger partial charge in [-0.2, -0.15) is 0 Å². The van der Waals surface area contributed by atoms with Crippen LogP contribution >= 0.6 is 11.3 Å². The van der Waals surface area contributed by atoms with Gasteiger partial charge in [0.1, 0.15) is 0 Å². The van der Waals surface area contributed by atoms with E-state index in [2.05, 4.69) is 9.88 Å². The highest BCUT2D eigenvalue weighted by molar-refractivity contribution is 7.17. The molecule has 0 radical (unpaired) electrons. The number of thiazole rings is 1. The summed E-state index contributed by atoms with van der Waals surface area (Å²) in [5.41, 5.74) is 0. The van der Waals surface area contributed by atoms with Crippen LogP contribution in [0, 0.1) is 0 Å². The van der Waals surface area contributed by atoms with Gasteiger partial charge >= 0.3 is 0 Å². The van der Waals surface area contributed by atoms with Crippen LogP contribution in [-0.4, -0.2) is 37.1 Å². The van der Waals surface area contributed by atoms with Crippen LogP contribution in [0.5, 0.6) is 0 Å². The molecule has 0 spiro atoms. The van der Waals surface area contributed by atoms with Crippen LogP contribution < -0.4 is 4.90 Å². The third-order valence-corrected chi connectivity index (χ3v) is 3.98. The lowest BCUT2D eigenvalue weighted by atomic mass is 10.1. The smallest absolute Gasteiger partial charge is 0.186 e. The van der Waals surface area contributed by atoms with Crippen molar-refractivity contribution in [1.82, 2.24) is 4.98 Å². The molecule has 88 valence electrons. The molecule has 2 rings (SSSR count). The average Bonchev–Trinajstić information content (AvgIpc) is 2.78. The SMILES string of the molecule is COC1CCCN(c2ncc(C(C)=O)s2)C1. The van der Waals surface area contributed by atoms with E-state index in [-0.39, 0.29) is 5.78 Å². The van der Waals surface area contributed by atoms with Crippen LogP contribution in [0.1, 0.15) is 29.4 Å². The lowest BCUT2D eigenvalue weighted by molar-refractivity contribution is 0.0893. The summed E-state index contributed by atoms with van der Waals surface area (Å²) in [6, 6.07) is 0. The van der Waals surface area contributed by atoms with Gasteiger partial charge in [0.15, 0.2) is 10.9 Å². The quantitative estimate of drug-likeness (QED) is 0.757. The Labute approximate surface area is 99.2 Å². The van der Waals surface area contributed by atoms with Crippen molar-refractivity contribution in [1.29, 1.82) is 0 Å². The van der Waals surface area contributed by atoms with Crippen LogP contribution in [0.2, 0.25) is 0 Å². The topological polar surface area (TPSA) is 42.4 Å². The van der Waals surface area contributed by atoms with Crippen molar-refractivity contribution < 1.29 is 9.53 Å². The van der Waals surface area contributed by atoms with Crippen LogP contribution in [0.3, 0.4) is 0 Å². The molecule has 1 aromatic rings. The van der Waals surface area contributed by atoms with Gasteiger partial charge in [0.25, 0.3) is 0 Å². The maximum absolute atomic E-state index is 11.2. The minimum absolute atomic E-state index is 0.0871. The number of rotatable bonds is 3. The minimum atomic E-state index is 0.0871. The number of carbonyl (C=O) groups is 1. The lowest BCUT2D eigenvalue weighted by Gasteiger charge is -2.31. The van der Waals surface area contributed by atoms with Gasteiger partial charge < -0.3 is 9.64 Å². The zero-order valence-corrected chi connectivity index (χ0v) is 10.4. The van der Waals surface area contributed by atoms with E-state index < -0.39 is 0 Å². The maximum atomic E-state index is 11.2. The van der Waals surface area contributed by atoms with E-state index in [1.165, 1.54) is 11.3 Å². The van der Waals surface area contributed by atoms with E-state index in [4.69, 9.17) is 4.74 Å². The Hall–Kier alpha value is -0.940. The standard InChI is InChI=1S/C11H16N2O2S/c1-8(14)10-6-12-11(16-10)13-5-3-4-9(7-13)15-2/h6,9H,3-5,7H2,1-2H3. The van der Waals surface area contributed by atoms with Gasteiger partial charge in [-0.15, -0.1) is 0 Å². The van der Waals surface area contributed by atoms with E-state index in [9.17, 15) is 4.79 Å². The number of aromatic nitrogens is 1. The molecule has 0 saturated carbocycles. The number of hydrogen-bond acceptors (Lipinski definition) is 5. The number of Topliss-reactive ketones (excluding diaryl/α,β-unsaturated/α-hetero) is 1. The lowest BCUT2D eigenvalue weighted by Crippen LogP contribution is -2.39. The first-order valence-electron chi connectivity index (χ1n) is 5.45. The highest BCUT2D eigenvalue weighted by Crippen LogP contribution is 2.26. The van der Waals surface area contributed by atoms with Crippen molar-refractivity contribution in [2.75, 3.05) is 25.1 Å². The molecule has 16 heavy (non-hydrogen) atoms. The molecule has 0 aromatic carbocycles. The van der Waals surface area contributed by atoms with Crippen LogP contribution in [-0.2, 0) is 4.74 Å². The van der Waals surface area contributed by atoms with Crippen molar-refractivity contribution >= 4 is 22.3 Å². The van der Waals surface area contributed by atoms with Gasteiger partial charge in [-0.3, -0.25) is 4.79 Å². The maximum Gasteiger partial charge on any atom is 0.186 e. The first-order chi connectivity index (χ1) is 7.70. The Balaban J connectivity index is 2.08. The number of piperidine rings is 1. The number of methoxy groups -OCH3 is 1. The second-order valence-electron chi connectivity index (χ2n) is 4.01. The molecule has 0 aliphatic carbocycles. The van der Waals surface area contributed by atoms with E-state index in [0.717, 1.165) is 35.9 Å². The van der Waals surface area contributed by atoms with Gasteiger partial charge in [0, 0.05) is 27.1 Å². The summed E-state index contributed by atoms with van der Waals surface area (Å²) in [5, 5.41) is 0.937. The number of ether oxygens (including phenoxy) is 1. The Kier molecular flexibility index (Phi) is 3.56. The second-order valence-corrected chi connectivity index (χ2v) is 5.02. The molecule has 1 aliphatic heterocycles. The number of anilines is 1. The van der Waals surface area contributed by atoms with Gasteiger partial charge in [0.05, 0.1) is 17.2 Å². The summed E-state index contributed by atoms with van der Waals surface area (Å²) in [6.07, 6.45) is 4.18. The van der Waals surface area contributed by atoms with Crippen molar-refractivity contribution in [2.24, 2.45) is 0 Å². The fourth-order valence-corrected chi connectivity index (χ4v) is 2.72. The molecule has 2 heterocycles. The third kappa shape index (κ3) is 2.41. The second kappa shape index (κ2) is 4.93. The largest absolute Gasteiger partial charge is 0.380 e. The molecule has 1 fully saturated rings. The first-order valence-corrected chi connectivity index (χ1v) is 6.27. The first kappa shape index (κ1) is 11.5. The number of hydrogen-bond donors (Lipinski definition) is 0. The minimum Gasteiger partial charge on any atom is -0.380 e. The zero-order valence-electron chi connectivity index (χ0n) is 9.60. The van der Waals surface area contributed by atoms with Gasteiger partial charge in [-0.25, -0.2) is 4.98 Å². The fourth-order valence-electron chi connectivity index (χ4n) is 1.88. The van der Waals surface area contributed by atoms with E-state index in [1.54, 1.807) is 20.2 Å². The summed E-state index contributed by atoms with van der Waals surface area (Å²) in [7, 11) is 1.75. The summed E-state index contributed by atoms with van der Waals surface area (Å²) >= 11 is 1.47. The molecule has 1 aromatic heterocycles. The van der Waals surface area contributed by atoms with Crippen molar-refractivity contribution in [2.45, 2.75) is 25.9 Å². The van der Waals surface area contributed by atoms with E-state index in [1.807, 2.05) is 0 Å². The normalized spacial score (nSPS) is 21.1. The van der Waals surface area contributed by atoms with E-state index in [0.29, 0.717) is 6.10 Å². The Morgan fingerprint density at radius 2 is 2.50 bits per heavy atom. The molecule has 5 heteroatoms. The summed E-state index contributed by atoms with van der Waals surface area (Å²) in [5.74, 6) is 0.0871. The van der Waals surface area contributed by atoms with Gasteiger partial charge in [-0.1, -0.05) is 11.3 Å². The number of nitrogens with zero attached hydrogens (tertiary/aromatic N) is 2. The highest BCUT2D eigenvalue weighted by atomic mass is 32.1. The molecule has 1 atom stereocenters. The van der Waals surface area contributed by atoms with Crippen molar-refractivity contribution in [3.63, 3.8) is 0 Å². The predicted molar refractivity (Wildman–Crippen MR) is 64.4 cm³/mol. The molecule has 1 aliphatic rings. The summed E-state index contributed by atoms with van der Waals surface area (Å²) in [4.78, 5) is 18.4. The molecule has 0 bridgehead atoms. The van der Waals surface area contributed by atoms with Gasteiger partial charge in [-0.05, 0) is 12.8 Å². The van der Waals surface area contributed by atoms with Crippen LogP contribution in [0.4, 0.5) is 5.13 Å². The predicted octanol–water partition coefficient (Wildman–Crippen LogP) is 1.96. The molecular formula is C11H16N2O2S. The monoisotopic (exact) mass is 240 g/mol. The summed E-state index contributed by atoms with van der Waals surface area (Å²) < 4.78 is 5.37. The Bertz CT molecular complexity index is 378. The molecule has 0 amide bonds. The number of ketones is 1. The third-order valence-electron chi connectivity index (χ3n) is 2.82. The number of carbonyl (C=O) groups excluding carboxylic acids is 1. The molecule has 4 nitrogen and oxygen atoms in total. The Morgan fingerprint density at radius 3 is 3.12 bits per heavy atom. The van der Waals surface area contributed by atoms with Crippen molar-refractivity contribution in [3.8, 4) is 0 Å². The van der Waals surface area contributed by atoms with Crippen LogP contribution in [0.15, 0.2) is 6.20 Å². The van der Waals surface area contributed by atoms with Crippen LogP contribution in [0.25, 0.3) is 0 Å². The fraction of sp³-hybridized carbons (Fsp3) is 0.636. The zero-order chi connectivity index (χ0) is 11.5.